The lowest BCUT2D eigenvalue weighted by molar-refractivity contribution is -0.147. The number of nitrogens with zero attached hydrogens (tertiary/aromatic N) is 1. The molecule has 1 fully saturated rings. The number of carboxylic acid groups (broad SMARTS) is 1. The number of halogens is 3. The van der Waals surface area contributed by atoms with Crippen molar-refractivity contribution in [2.45, 2.75) is 24.4 Å². The molecule has 11 heteroatoms. The summed E-state index contributed by atoms with van der Waals surface area (Å²) in [5, 5.41) is 9.13. The third-order valence-electron chi connectivity index (χ3n) is 4.23. The second-order valence-electron chi connectivity index (χ2n) is 6.28. The van der Waals surface area contributed by atoms with E-state index in [1.807, 2.05) is 4.72 Å². The smallest absolute Gasteiger partial charge is 0.416 e. The lowest BCUT2D eigenvalue weighted by atomic mass is 9.90. The van der Waals surface area contributed by atoms with Crippen molar-refractivity contribution >= 4 is 21.9 Å². The molecule has 0 spiro atoms. The number of hydrogen-bond donors (Lipinski definition) is 2. The maximum Gasteiger partial charge on any atom is 0.416 e. The minimum absolute atomic E-state index is 0.0630. The van der Waals surface area contributed by atoms with Crippen molar-refractivity contribution in [3.63, 3.8) is 0 Å². The number of carbonyl (C=O) groups is 2. The molecule has 1 saturated heterocycles. The van der Waals surface area contributed by atoms with Crippen LogP contribution in [0, 0.1) is 5.41 Å². The number of sulfonamides is 1. The molecule has 0 radical (unpaired) electrons. The fraction of sp³-hybridized carbons (Fsp3) is 0.467. The van der Waals surface area contributed by atoms with Gasteiger partial charge in [0, 0.05) is 13.1 Å². The van der Waals surface area contributed by atoms with Gasteiger partial charge in [0.05, 0.1) is 22.4 Å². The number of rotatable bonds is 5. The molecule has 1 unspecified atom stereocenters. The van der Waals surface area contributed by atoms with Crippen molar-refractivity contribution in [1.29, 1.82) is 0 Å². The molecule has 144 valence electrons. The Morgan fingerprint density at radius 1 is 1.35 bits per heavy atom. The van der Waals surface area contributed by atoms with Gasteiger partial charge in [0.25, 0.3) is 0 Å². The van der Waals surface area contributed by atoms with Crippen LogP contribution < -0.4 is 4.72 Å². The van der Waals surface area contributed by atoms with Gasteiger partial charge in [-0.3, -0.25) is 9.59 Å². The predicted octanol–water partition coefficient (Wildman–Crippen LogP) is 1.31. The van der Waals surface area contributed by atoms with Gasteiger partial charge in [0.2, 0.25) is 15.9 Å². The van der Waals surface area contributed by atoms with E-state index in [0.717, 1.165) is 18.2 Å². The molecule has 1 atom stereocenters. The molecule has 1 aliphatic rings. The first-order chi connectivity index (χ1) is 11.8. The number of likely N-dealkylation sites (tertiary alicyclic amines) is 1. The molecule has 0 saturated carbocycles. The van der Waals surface area contributed by atoms with Gasteiger partial charge in [-0.25, -0.2) is 13.1 Å². The summed E-state index contributed by atoms with van der Waals surface area (Å²) in [6.07, 6.45) is -4.47. The van der Waals surface area contributed by atoms with Gasteiger partial charge in [-0.05, 0) is 31.5 Å². The van der Waals surface area contributed by atoms with Crippen LogP contribution in [0.3, 0.4) is 0 Å². The van der Waals surface area contributed by atoms with Crippen molar-refractivity contribution in [1.82, 2.24) is 9.62 Å². The van der Waals surface area contributed by atoms with Gasteiger partial charge in [-0.15, -0.1) is 0 Å². The van der Waals surface area contributed by atoms with E-state index in [0.29, 0.717) is 6.07 Å². The third kappa shape index (κ3) is 4.33. The topological polar surface area (TPSA) is 104 Å². The Labute approximate surface area is 147 Å². The number of hydrogen-bond acceptors (Lipinski definition) is 4. The molecule has 2 rings (SSSR count). The number of nitrogens with one attached hydrogen (secondary N) is 1. The molecule has 26 heavy (non-hydrogen) atoms. The highest BCUT2D eigenvalue weighted by molar-refractivity contribution is 7.89. The van der Waals surface area contributed by atoms with Crippen LogP contribution in [-0.2, 0) is 25.8 Å². The fourth-order valence-electron chi connectivity index (χ4n) is 2.54. The minimum atomic E-state index is -4.70. The lowest BCUT2D eigenvalue weighted by Gasteiger charge is -2.20. The average molecular weight is 394 g/mol. The minimum Gasteiger partial charge on any atom is -0.481 e. The summed E-state index contributed by atoms with van der Waals surface area (Å²) in [5.74, 6) is -1.71. The van der Waals surface area contributed by atoms with Crippen LogP contribution in [0.25, 0.3) is 0 Å². The van der Waals surface area contributed by atoms with Gasteiger partial charge in [-0.1, -0.05) is 6.07 Å². The number of aliphatic carboxylic acids is 1. The van der Waals surface area contributed by atoms with Crippen LogP contribution in [0.2, 0.25) is 0 Å². The number of alkyl halides is 3. The molecular formula is C15H17F3N2O5S. The zero-order valence-corrected chi connectivity index (χ0v) is 14.5. The number of carboxylic acids is 1. The van der Waals surface area contributed by atoms with Crippen molar-refractivity contribution < 1.29 is 36.3 Å². The van der Waals surface area contributed by atoms with Crippen LogP contribution in [0.5, 0.6) is 0 Å². The highest BCUT2D eigenvalue weighted by Crippen LogP contribution is 2.31. The van der Waals surface area contributed by atoms with E-state index < -0.39 is 50.5 Å². The fourth-order valence-corrected chi connectivity index (χ4v) is 3.56. The first kappa shape index (κ1) is 20.2. The second kappa shape index (κ2) is 6.88. The van der Waals surface area contributed by atoms with E-state index in [9.17, 15) is 31.2 Å². The second-order valence-corrected chi connectivity index (χ2v) is 8.05. The zero-order chi connectivity index (χ0) is 19.8. The Morgan fingerprint density at radius 3 is 2.54 bits per heavy atom. The average Bonchev–Trinajstić information content (AvgIpc) is 2.96. The molecular weight excluding hydrogens is 377 g/mol. The Hall–Kier alpha value is -2.14. The van der Waals surface area contributed by atoms with E-state index in [1.54, 1.807) is 0 Å². The molecule has 1 aromatic rings. The van der Waals surface area contributed by atoms with Crippen molar-refractivity contribution in [2.75, 3.05) is 19.6 Å². The first-order valence-corrected chi connectivity index (χ1v) is 9.02. The predicted molar refractivity (Wildman–Crippen MR) is 83.6 cm³/mol. The monoisotopic (exact) mass is 394 g/mol. The molecule has 7 nitrogen and oxygen atoms in total. The summed E-state index contributed by atoms with van der Waals surface area (Å²) in [6, 6.07) is 3.16. The lowest BCUT2D eigenvalue weighted by Crippen LogP contribution is -2.41. The molecule has 1 aliphatic heterocycles. The van der Waals surface area contributed by atoms with E-state index in [4.69, 9.17) is 5.11 Å². The summed E-state index contributed by atoms with van der Waals surface area (Å²) in [4.78, 5) is 23.8. The molecule has 0 aromatic heterocycles. The molecule has 1 amide bonds. The van der Waals surface area contributed by atoms with Crippen molar-refractivity contribution in [3.05, 3.63) is 29.8 Å². The van der Waals surface area contributed by atoms with Gasteiger partial charge in [0.1, 0.15) is 0 Å². The maximum atomic E-state index is 12.7. The summed E-state index contributed by atoms with van der Waals surface area (Å²) in [7, 11) is -4.33. The number of amides is 1. The molecule has 2 N–H and O–H groups in total. The van der Waals surface area contributed by atoms with Gasteiger partial charge < -0.3 is 10.0 Å². The molecule has 0 aliphatic carbocycles. The van der Waals surface area contributed by atoms with Crippen LogP contribution in [0.1, 0.15) is 18.9 Å². The Kier molecular flexibility index (Phi) is 5.34. The van der Waals surface area contributed by atoms with E-state index >= 15 is 0 Å². The molecule has 1 aromatic carbocycles. The Morgan fingerprint density at radius 2 is 2.00 bits per heavy atom. The SMILES string of the molecule is CC1(C(=O)O)CCN(C(=O)CNS(=O)(=O)c2cccc(C(F)(F)F)c2)C1. The third-order valence-corrected chi connectivity index (χ3v) is 5.63. The number of carbonyl (C=O) groups excluding carboxylic acids is 1. The van der Waals surface area contributed by atoms with Crippen LogP contribution >= 0.6 is 0 Å². The highest BCUT2D eigenvalue weighted by Gasteiger charge is 2.42. The van der Waals surface area contributed by atoms with Crippen molar-refractivity contribution in [3.8, 4) is 0 Å². The standard InChI is InChI=1S/C15H17F3N2O5S/c1-14(13(22)23)5-6-20(9-14)12(21)8-19-26(24,25)11-4-2-3-10(7-11)15(16,17)18/h2-4,7,19H,5-6,8-9H2,1H3,(H,22,23). The summed E-state index contributed by atoms with van der Waals surface area (Å²) in [6.45, 7) is 0.906. The number of benzene rings is 1. The van der Waals surface area contributed by atoms with Crippen LogP contribution in [0.15, 0.2) is 29.2 Å². The quantitative estimate of drug-likeness (QED) is 0.784. The maximum absolute atomic E-state index is 12.7. The first-order valence-electron chi connectivity index (χ1n) is 7.53. The Balaban J connectivity index is 2.05. The van der Waals surface area contributed by atoms with Crippen molar-refractivity contribution in [2.24, 2.45) is 5.41 Å². The largest absolute Gasteiger partial charge is 0.481 e. The normalized spacial score (nSPS) is 21.0. The van der Waals surface area contributed by atoms with E-state index in [-0.39, 0.29) is 19.5 Å². The zero-order valence-electron chi connectivity index (χ0n) is 13.7. The summed E-state index contributed by atoms with van der Waals surface area (Å²) < 4.78 is 64.3. The molecule has 1 heterocycles. The van der Waals surface area contributed by atoms with Crippen LogP contribution in [0.4, 0.5) is 13.2 Å². The van der Waals surface area contributed by atoms with Gasteiger partial charge in [-0.2, -0.15) is 13.2 Å². The van der Waals surface area contributed by atoms with Gasteiger partial charge in [0.15, 0.2) is 0 Å². The highest BCUT2D eigenvalue weighted by atomic mass is 32.2. The summed E-state index contributed by atoms with van der Waals surface area (Å²) in [5.41, 5.74) is -2.22. The molecule has 0 bridgehead atoms. The van der Waals surface area contributed by atoms with E-state index in [1.165, 1.54) is 11.8 Å². The summed E-state index contributed by atoms with van der Waals surface area (Å²) >= 11 is 0. The van der Waals surface area contributed by atoms with Crippen LogP contribution in [-0.4, -0.2) is 49.9 Å². The Bertz CT molecular complexity index is 825. The van der Waals surface area contributed by atoms with E-state index in [2.05, 4.69) is 0 Å². The van der Waals surface area contributed by atoms with Gasteiger partial charge >= 0.3 is 12.1 Å².